The summed E-state index contributed by atoms with van der Waals surface area (Å²) in [5.41, 5.74) is 0.388. The Labute approximate surface area is 195 Å². The molecule has 1 fully saturated rings. The smallest absolute Gasteiger partial charge is 0.352 e. The molecule has 33 heavy (non-hydrogen) atoms. The first kappa shape index (κ1) is 22.9. The average Bonchev–Trinajstić information content (AvgIpc) is 3.39. The molecule has 2 aliphatic heterocycles. The molecule has 14 heteroatoms. The fourth-order valence-electron chi connectivity index (χ4n) is 3.53. The number of aliphatic carboxylic acids is 2. The van der Waals surface area contributed by atoms with E-state index in [1.807, 2.05) is 0 Å². The number of hydrogen-bond donors (Lipinski definition) is 3. The summed E-state index contributed by atoms with van der Waals surface area (Å²) in [6.07, 6.45) is 1.43. The van der Waals surface area contributed by atoms with Gasteiger partial charge in [-0.2, -0.15) is 0 Å². The van der Waals surface area contributed by atoms with Gasteiger partial charge in [0.2, 0.25) is 5.91 Å². The van der Waals surface area contributed by atoms with E-state index in [-0.39, 0.29) is 30.3 Å². The van der Waals surface area contributed by atoms with E-state index in [9.17, 15) is 24.3 Å². The number of aromatic nitrogens is 3. The van der Waals surface area contributed by atoms with E-state index >= 15 is 0 Å². The van der Waals surface area contributed by atoms with E-state index in [4.69, 9.17) is 9.52 Å². The minimum atomic E-state index is -1.24. The molecular formula is C19H19N5O7S2. The van der Waals surface area contributed by atoms with Crippen LogP contribution in [0, 0.1) is 6.92 Å². The Bertz CT molecular complexity index is 1140. The molecule has 174 valence electrons. The summed E-state index contributed by atoms with van der Waals surface area (Å²) >= 11 is 2.51. The number of carbonyl (C=O) groups excluding carboxylic acids is 2. The minimum Gasteiger partial charge on any atom is -0.480 e. The maximum absolute atomic E-state index is 12.7. The van der Waals surface area contributed by atoms with E-state index in [1.54, 1.807) is 19.1 Å². The zero-order chi connectivity index (χ0) is 23.7. The summed E-state index contributed by atoms with van der Waals surface area (Å²) in [5.74, 6) is -1.76. The quantitative estimate of drug-likeness (QED) is 0.325. The van der Waals surface area contributed by atoms with Crippen LogP contribution in [0.5, 0.6) is 0 Å². The number of aryl methyl sites for hydroxylation is 1. The Morgan fingerprint density at radius 1 is 1.33 bits per heavy atom. The second-order valence-electron chi connectivity index (χ2n) is 7.27. The molecule has 0 aliphatic carbocycles. The lowest BCUT2D eigenvalue weighted by Gasteiger charge is -2.49. The van der Waals surface area contributed by atoms with Gasteiger partial charge < -0.3 is 19.9 Å². The van der Waals surface area contributed by atoms with Crippen molar-refractivity contribution in [3.05, 3.63) is 41.3 Å². The highest BCUT2D eigenvalue weighted by Gasteiger charge is 2.54. The molecular weight excluding hydrogens is 474 g/mol. The lowest BCUT2D eigenvalue weighted by Crippen LogP contribution is -2.70. The van der Waals surface area contributed by atoms with Gasteiger partial charge in [0.1, 0.15) is 35.2 Å². The molecule has 4 heterocycles. The number of carboxylic acid groups (broad SMARTS) is 2. The van der Waals surface area contributed by atoms with Gasteiger partial charge in [-0.15, -0.1) is 22.0 Å². The number of nitrogens with one attached hydrogen (secondary N) is 1. The molecule has 2 aromatic rings. The zero-order valence-electron chi connectivity index (χ0n) is 17.3. The normalized spacial score (nSPS) is 19.8. The van der Waals surface area contributed by atoms with Crippen LogP contribution < -0.4 is 5.32 Å². The second kappa shape index (κ2) is 9.31. The van der Waals surface area contributed by atoms with Crippen molar-refractivity contribution < 1.29 is 33.8 Å². The molecule has 0 aromatic carbocycles. The van der Waals surface area contributed by atoms with Crippen LogP contribution in [-0.2, 0) is 32.1 Å². The summed E-state index contributed by atoms with van der Waals surface area (Å²) in [6.45, 7) is 1.31. The predicted molar refractivity (Wildman–Crippen MR) is 115 cm³/mol. The van der Waals surface area contributed by atoms with Crippen molar-refractivity contribution in [2.24, 2.45) is 0 Å². The van der Waals surface area contributed by atoms with E-state index in [0.717, 1.165) is 11.8 Å². The molecule has 0 bridgehead atoms. The van der Waals surface area contributed by atoms with Crippen LogP contribution >= 0.6 is 23.5 Å². The van der Waals surface area contributed by atoms with Crippen LogP contribution in [0.15, 0.2) is 39.2 Å². The average molecular weight is 494 g/mol. The second-order valence-corrected chi connectivity index (χ2v) is 9.31. The summed E-state index contributed by atoms with van der Waals surface area (Å²) in [4.78, 5) is 49.2. The summed E-state index contributed by atoms with van der Waals surface area (Å²) in [5, 5.41) is 29.2. The minimum absolute atomic E-state index is 0.0197. The lowest BCUT2D eigenvalue weighted by molar-refractivity contribution is -0.150. The van der Waals surface area contributed by atoms with Gasteiger partial charge in [0.25, 0.3) is 5.91 Å². The number of β-lactam (4-membered cyclic amide) rings is 1. The summed E-state index contributed by atoms with van der Waals surface area (Å²) < 4.78 is 6.56. The van der Waals surface area contributed by atoms with Gasteiger partial charge in [0.15, 0.2) is 5.16 Å². The Morgan fingerprint density at radius 2 is 2.12 bits per heavy atom. The number of rotatable bonds is 9. The molecule has 4 rings (SSSR count). The largest absolute Gasteiger partial charge is 0.480 e. The van der Waals surface area contributed by atoms with Gasteiger partial charge in [-0.1, -0.05) is 11.8 Å². The van der Waals surface area contributed by atoms with E-state index in [0.29, 0.717) is 28.1 Å². The molecule has 2 aliphatic rings. The van der Waals surface area contributed by atoms with Crippen molar-refractivity contribution in [3.63, 3.8) is 0 Å². The Balaban J connectivity index is 1.45. The molecule has 3 N–H and O–H groups in total. The van der Waals surface area contributed by atoms with E-state index in [2.05, 4.69) is 15.5 Å². The van der Waals surface area contributed by atoms with Crippen molar-refractivity contribution in [2.45, 2.75) is 36.5 Å². The third-order valence-electron chi connectivity index (χ3n) is 5.05. The Kier molecular flexibility index (Phi) is 6.47. The monoisotopic (exact) mass is 493 g/mol. The van der Waals surface area contributed by atoms with Crippen molar-refractivity contribution in [2.75, 3.05) is 11.5 Å². The maximum Gasteiger partial charge on any atom is 0.352 e. The number of furan rings is 1. The predicted octanol–water partition coefficient (Wildman–Crippen LogP) is 0.338. The van der Waals surface area contributed by atoms with Crippen LogP contribution in [0.25, 0.3) is 0 Å². The van der Waals surface area contributed by atoms with Gasteiger partial charge >= 0.3 is 11.9 Å². The molecule has 0 spiro atoms. The molecule has 12 nitrogen and oxygen atoms in total. The fraction of sp³-hybridized carbons (Fsp3) is 0.368. The lowest BCUT2D eigenvalue weighted by atomic mass is 10.0. The maximum atomic E-state index is 12.7. The molecule has 1 saturated heterocycles. The number of amides is 2. The van der Waals surface area contributed by atoms with Crippen molar-refractivity contribution in [1.29, 1.82) is 0 Å². The molecule has 2 amide bonds. The van der Waals surface area contributed by atoms with Gasteiger partial charge in [-0.25, -0.2) is 4.79 Å². The Hall–Kier alpha value is -3.26. The first-order valence-electron chi connectivity index (χ1n) is 9.72. The summed E-state index contributed by atoms with van der Waals surface area (Å²) in [6, 6.07) is 2.49. The molecule has 0 unspecified atom stereocenters. The van der Waals surface area contributed by atoms with Gasteiger partial charge in [0.05, 0.1) is 12.7 Å². The number of nitrogens with zero attached hydrogens (tertiary/aromatic N) is 4. The number of fused-ring (bicyclic) bond motifs is 1. The topological polar surface area (TPSA) is 168 Å². The number of carbonyl (C=O) groups is 4. The SMILES string of the molecule is Cc1nnc(SCC2=C(C(=O)O)N3C(=O)[C@@H](NC(=O)Cc4ccco4)[C@H]3SC2)n1CC(=O)O. The van der Waals surface area contributed by atoms with Crippen LogP contribution in [0.4, 0.5) is 0 Å². The van der Waals surface area contributed by atoms with Crippen molar-refractivity contribution in [1.82, 2.24) is 25.0 Å². The van der Waals surface area contributed by atoms with Crippen LogP contribution in [0.1, 0.15) is 11.6 Å². The van der Waals surface area contributed by atoms with Crippen LogP contribution in [0.3, 0.4) is 0 Å². The third kappa shape index (κ3) is 4.61. The van der Waals surface area contributed by atoms with E-state index in [1.165, 1.54) is 27.5 Å². The van der Waals surface area contributed by atoms with Crippen molar-refractivity contribution >= 4 is 47.3 Å². The first-order chi connectivity index (χ1) is 15.8. The first-order valence-corrected chi connectivity index (χ1v) is 11.8. The van der Waals surface area contributed by atoms with Gasteiger partial charge in [0, 0.05) is 11.5 Å². The van der Waals surface area contributed by atoms with Crippen molar-refractivity contribution in [3.8, 4) is 0 Å². The zero-order valence-corrected chi connectivity index (χ0v) is 18.9. The number of hydrogen-bond acceptors (Lipinski definition) is 9. The standard InChI is InChI=1S/C19H19N5O7S2/c1-9-21-22-19(23(9)6-13(26)27)33-8-10-7-32-17-14(16(28)24(17)15(10)18(29)30)20-12(25)5-11-3-2-4-31-11/h2-4,14,17H,5-8H2,1H3,(H,20,25)(H,26,27)(H,29,30)/t14-,17-/m1/s1. The highest BCUT2D eigenvalue weighted by Crippen LogP contribution is 2.41. The Morgan fingerprint density at radius 3 is 2.79 bits per heavy atom. The number of thioether (sulfide) groups is 2. The molecule has 2 atom stereocenters. The van der Waals surface area contributed by atoms with Crippen LogP contribution in [0.2, 0.25) is 0 Å². The number of carboxylic acids is 2. The molecule has 2 aromatic heterocycles. The molecule has 0 radical (unpaired) electrons. The molecule has 0 saturated carbocycles. The summed E-state index contributed by atoms with van der Waals surface area (Å²) in [7, 11) is 0. The fourth-order valence-corrected chi connectivity index (χ4v) is 6.00. The third-order valence-corrected chi connectivity index (χ3v) is 7.44. The highest BCUT2D eigenvalue weighted by molar-refractivity contribution is 8.01. The van der Waals surface area contributed by atoms with Gasteiger partial charge in [-0.3, -0.25) is 23.9 Å². The van der Waals surface area contributed by atoms with Crippen LogP contribution in [-0.4, -0.2) is 76.6 Å². The highest BCUT2D eigenvalue weighted by atomic mass is 32.2. The van der Waals surface area contributed by atoms with Gasteiger partial charge in [-0.05, 0) is 24.6 Å². The van der Waals surface area contributed by atoms with E-state index < -0.39 is 29.3 Å².